The molecule has 1 atom stereocenters. The second-order valence-corrected chi connectivity index (χ2v) is 4.22. The molecule has 0 saturated heterocycles. The summed E-state index contributed by atoms with van der Waals surface area (Å²) in [5.41, 5.74) is 1.41. The minimum atomic E-state index is -0.906. The summed E-state index contributed by atoms with van der Waals surface area (Å²) in [6, 6.07) is 0. The van der Waals surface area contributed by atoms with E-state index in [-0.39, 0.29) is 5.41 Å². The van der Waals surface area contributed by atoms with Crippen LogP contribution in [-0.4, -0.2) is 21.7 Å². The lowest BCUT2D eigenvalue weighted by Gasteiger charge is -2.19. The smallest absolute Gasteiger partial charge is 0.198 e. The van der Waals surface area contributed by atoms with Gasteiger partial charge in [0.05, 0.1) is 17.7 Å². The summed E-state index contributed by atoms with van der Waals surface area (Å²) in [5.74, 6) is 0. The van der Waals surface area contributed by atoms with Crippen LogP contribution in [-0.2, 0) is 10.2 Å². The number of ether oxygens (including phenoxy) is 1. The Balaban J connectivity index is 2.93. The van der Waals surface area contributed by atoms with Gasteiger partial charge in [-0.3, -0.25) is 0 Å². The van der Waals surface area contributed by atoms with Crippen molar-refractivity contribution in [2.75, 3.05) is 6.61 Å². The van der Waals surface area contributed by atoms with Crippen LogP contribution in [0.3, 0.4) is 0 Å². The number of hydrogen-bond acceptors (Lipinski definition) is 3. The van der Waals surface area contributed by atoms with Crippen molar-refractivity contribution in [1.82, 2.24) is 9.97 Å². The minimum absolute atomic E-state index is 0.0899. The molecule has 0 spiro atoms. The van der Waals surface area contributed by atoms with E-state index in [0.29, 0.717) is 12.3 Å². The van der Waals surface area contributed by atoms with Gasteiger partial charge in [-0.2, -0.15) is 0 Å². The summed E-state index contributed by atoms with van der Waals surface area (Å²) < 4.78 is 5.11. The monoisotopic (exact) mass is 198 g/mol. The Labute approximate surface area is 84.3 Å². The van der Waals surface area contributed by atoms with Crippen molar-refractivity contribution < 1.29 is 9.84 Å². The van der Waals surface area contributed by atoms with Gasteiger partial charge in [0.1, 0.15) is 0 Å². The first-order valence-corrected chi connectivity index (χ1v) is 4.80. The van der Waals surface area contributed by atoms with Gasteiger partial charge in [-0.15, -0.1) is 0 Å². The molecule has 0 saturated carbocycles. The Bertz CT molecular complexity index is 289. The van der Waals surface area contributed by atoms with Crippen LogP contribution in [0.1, 0.15) is 45.4 Å². The fraction of sp³-hybridized carbons (Fsp3) is 0.700. The highest BCUT2D eigenvalue weighted by molar-refractivity contribution is 5.20. The van der Waals surface area contributed by atoms with Crippen molar-refractivity contribution in [1.29, 1.82) is 0 Å². The third kappa shape index (κ3) is 2.33. The number of aliphatic hydroxyl groups is 1. The predicted molar refractivity (Wildman–Crippen MR) is 53.9 cm³/mol. The van der Waals surface area contributed by atoms with E-state index in [9.17, 15) is 5.11 Å². The number of hydrogen-bond donors (Lipinski definition) is 2. The average Bonchev–Trinajstić information content (AvgIpc) is 2.50. The van der Waals surface area contributed by atoms with Crippen molar-refractivity contribution in [2.45, 2.75) is 39.4 Å². The molecule has 1 unspecified atom stereocenters. The van der Waals surface area contributed by atoms with E-state index < -0.39 is 6.29 Å². The summed E-state index contributed by atoms with van der Waals surface area (Å²) >= 11 is 0. The van der Waals surface area contributed by atoms with Gasteiger partial charge in [0, 0.05) is 12.0 Å². The molecule has 0 radical (unpaired) electrons. The van der Waals surface area contributed by atoms with E-state index in [4.69, 9.17) is 4.74 Å². The lowest BCUT2D eigenvalue weighted by atomic mass is 9.90. The topological polar surface area (TPSA) is 58.1 Å². The maximum atomic E-state index is 9.66. The summed E-state index contributed by atoms with van der Waals surface area (Å²) in [6.07, 6.45) is 0.676. The van der Waals surface area contributed by atoms with Gasteiger partial charge in [-0.05, 0) is 6.92 Å². The quantitative estimate of drug-likeness (QED) is 0.727. The SMILES string of the molecule is CCOC(O)c1[nH]cnc1C(C)(C)C. The molecule has 0 bridgehead atoms. The fourth-order valence-corrected chi connectivity index (χ4v) is 1.33. The molecule has 4 nitrogen and oxygen atoms in total. The summed E-state index contributed by atoms with van der Waals surface area (Å²) in [4.78, 5) is 7.11. The second-order valence-electron chi connectivity index (χ2n) is 4.22. The first-order valence-electron chi connectivity index (χ1n) is 4.80. The summed E-state index contributed by atoms with van der Waals surface area (Å²) in [7, 11) is 0. The summed E-state index contributed by atoms with van der Waals surface area (Å²) in [5, 5.41) is 9.66. The number of nitrogens with one attached hydrogen (secondary N) is 1. The van der Waals surface area contributed by atoms with E-state index in [1.807, 2.05) is 27.7 Å². The number of imidazole rings is 1. The molecule has 0 aliphatic rings. The van der Waals surface area contributed by atoms with Crippen molar-refractivity contribution in [2.24, 2.45) is 0 Å². The Kier molecular flexibility index (Phi) is 3.29. The van der Waals surface area contributed by atoms with Gasteiger partial charge in [0.2, 0.25) is 0 Å². The van der Waals surface area contributed by atoms with Crippen molar-refractivity contribution >= 4 is 0 Å². The third-order valence-corrected chi connectivity index (χ3v) is 1.95. The van der Waals surface area contributed by atoms with Crippen LogP contribution >= 0.6 is 0 Å². The van der Waals surface area contributed by atoms with Gasteiger partial charge < -0.3 is 14.8 Å². The number of aliphatic hydroxyl groups excluding tert-OH is 1. The maximum absolute atomic E-state index is 9.66. The molecule has 0 aliphatic carbocycles. The van der Waals surface area contributed by atoms with Crippen molar-refractivity contribution in [3.63, 3.8) is 0 Å². The highest BCUT2D eigenvalue weighted by Gasteiger charge is 2.24. The van der Waals surface area contributed by atoms with Gasteiger partial charge in [-0.25, -0.2) is 4.98 Å². The number of H-pyrrole nitrogens is 1. The molecule has 1 aromatic rings. The van der Waals surface area contributed by atoms with Crippen molar-refractivity contribution in [3.05, 3.63) is 17.7 Å². The molecule has 80 valence electrons. The molecule has 0 amide bonds. The number of aromatic amines is 1. The van der Waals surface area contributed by atoms with Crippen LogP contribution in [0.25, 0.3) is 0 Å². The molecule has 0 aromatic carbocycles. The van der Waals surface area contributed by atoms with Gasteiger partial charge in [0.25, 0.3) is 0 Å². The number of aromatic nitrogens is 2. The van der Waals surface area contributed by atoms with Crippen LogP contribution in [0.4, 0.5) is 0 Å². The van der Waals surface area contributed by atoms with E-state index in [2.05, 4.69) is 9.97 Å². The first-order chi connectivity index (χ1) is 6.46. The minimum Gasteiger partial charge on any atom is -0.363 e. The van der Waals surface area contributed by atoms with Crippen LogP contribution in [0, 0.1) is 0 Å². The molecule has 4 heteroatoms. The molecule has 1 rings (SSSR count). The lowest BCUT2D eigenvalue weighted by molar-refractivity contribution is -0.101. The molecular formula is C10H18N2O2. The normalized spacial score (nSPS) is 14.4. The van der Waals surface area contributed by atoms with Gasteiger partial charge >= 0.3 is 0 Å². The largest absolute Gasteiger partial charge is 0.363 e. The second kappa shape index (κ2) is 4.11. The fourth-order valence-electron chi connectivity index (χ4n) is 1.33. The third-order valence-electron chi connectivity index (χ3n) is 1.95. The molecule has 0 fully saturated rings. The molecule has 14 heavy (non-hydrogen) atoms. The highest BCUT2D eigenvalue weighted by atomic mass is 16.6. The predicted octanol–water partition coefficient (Wildman–Crippen LogP) is 1.73. The van der Waals surface area contributed by atoms with Gasteiger partial charge in [-0.1, -0.05) is 20.8 Å². The molecule has 0 aliphatic heterocycles. The van der Waals surface area contributed by atoms with Crippen LogP contribution in [0.5, 0.6) is 0 Å². The molecule has 1 aromatic heterocycles. The lowest BCUT2D eigenvalue weighted by Crippen LogP contribution is -2.17. The molecular weight excluding hydrogens is 180 g/mol. The Morgan fingerprint density at radius 2 is 2.21 bits per heavy atom. The average molecular weight is 198 g/mol. The van der Waals surface area contributed by atoms with Crippen LogP contribution in [0.2, 0.25) is 0 Å². The molecule has 2 N–H and O–H groups in total. The number of nitrogens with zero attached hydrogens (tertiary/aromatic N) is 1. The van der Waals surface area contributed by atoms with E-state index in [1.165, 1.54) is 0 Å². The highest BCUT2D eigenvalue weighted by Crippen LogP contribution is 2.26. The van der Waals surface area contributed by atoms with Crippen LogP contribution < -0.4 is 0 Å². The Morgan fingerprint density at radius 3 is 2.71 bits per heavy atom. The van der Waals surface area contributed by atoms with Crippen LogP contribution in [0.15, 0.2) is 6.33 Å². The van der Waals surface area contributed by atoms with Crippen molar-refractivity contribution in [3.8, 4) is 0 Å². The summed E-state index contributed by atoms with van der Waals surface area (Å²) in [6.45, 7) is 8.46. The standard InChI is InChI=1S/C10H18N2O2/c1-5-14-9(13)7-8(10(2,3)4)12-6-11-7/h6,9,13H,5H2,1-4H3,(H,11,12). The Hall–Kier alpha value is -0.870. The first kappa shape index (κ1) is 11.2. The Morgan fingerprint density at radius 1 is 1.57 bits per heavy atom. The van der Waals surface area contributed by atoms with E-state index in [0.717, 1.165) is 5.69 Å². The zero-order valence-corrected chi connectivity index (χ0v) is 9.16. The zero-order valence-electron chi connectivity index (χ0n) is 9.16. The zero-order chi connectivity index (χ0) is 10.8. The van der Waals surface area contributed by atoms with Gasteiger partial charge in [0.15, 0.2) is 6.29 Å². The maximum Gasteiger partial charge on any atom is 0.198 e. The van der Waals surface area contributed by atoms with E-state index >= 15 is 0 Å². The number of rotatable bonds is 3. The molecule has 1 heterocycles. The van der Waals surface area contributed by atoms with E-state index in [1.54, 1.807) is 6.33 Å².